The Morgan fingerprint density at radius 2 is 1.72 bits per heavy atom. The second kappa shape index (κ2) is 9.28. The summed E-state index contributed by atoms with van der Waals surface area (Å²) in [6, 6.07) is -2.49. The number of carboxylic acid groups (broad SMARTS) is 2. The number of rotatable bonds is 8. The number of carbonyl (C=O) groups excluding carboxylic acids is 2. The first kappa shape index (κ1) is 23.7. The average Bonchev–Trinajstić information content (AvgIpc) is 3.24. The van der Waals surface area contributed by atoms with Gasteiger partial charge in [-0.05, 0) is 19.3 Å². The van der Waals surface area contributed by atoms with Gasteiger partial charge in [0, 0.05) is 19.6 Å². The molecule has 180 valence electrons. The number of likely N-dealkylation sites (tertiary alicyclic amines) is 1. The van der Waals surface area contributed by atoms with E-state index in [1.54, 1.807) is 0 Å². The van der Waals surface area contributed by atoms with Gasteiger partial charge in [0.25, 0.3) is 5.91 Å². The van der Waals surface area contributed by atoms with Crippen LogP contribution in [0, 0.1) is 0 Å². The Balaban J connectivity index is 1.51. The number of hydrogen-bond donors (Lipinski definition) is 6. The van der Waals surface area contributed by atoms with Crippen LogP contribution in [0.2, 0.25) is 0 Å². The molecule has 32 heavy (non-hydrogen) atoms. The van der Waals surface area contributed by atoms with Gasteiger partial charge in [-0.25, -0.2) is 19.9 Å². The van der Waals surface area contributed by atoms with Crippen molar-refractivity contribution in [2.24, 2.45) is 0 Å². The number of carbonyl (C=O) groups is 4. The normalized spacial score (nSPS) is 25.8. The molecule has 0 aromatic heterocycles. The van der Waals surface area contributed by atoms with Gasteiger partial charge in [-0.1, -0.05) is 0 Å². The van der Waals surface area contributed by atoms with Crippen molar-refractivity contribution in [3.8, 4) is 0 Å². The minimum absolute atomic E-state index is 0.0209. The number of urea groups is 1. The molecule has 18 heteroatoms. The maximum atomic E-state index is 12.5. The molecule has 3 aliphatic rings. The van der Waals surface area contributed by atoms with E-state index in [9.17, 15) is 27.6 Å². The molecule has 3 saturated heterocycles. The number of amides is 5. The molecule has 3 aliphatic heterocycles. The lowest BCUT2D eigenvalue weighted by atomic mass is 10.0. The fourth-order valence-electron chi connectivity index (χ4n) is 3.85. The summed E-state index contributed by atoms with van der Waals surface area (Å²) in [5.41, 5.74) is 2.24. The second-order valence-corrected chi connectivity index (χ2v) is 8.31. The molecule has 0 unspecified atom stereocenters. The Morgan fingerprint density at radius 1 is 1.06 bits per heavy atom. The molecular weight excluding hydrogens is 460 g/mol. The summed E-state index contributed by atoms with van der Waals surface area (Å²) < 4.78 is 34.9. The van der Waals surface area contributed by atoms with Crippen LogP contribution in [0.15, 0.2) is 0 Å². The van der Waals surface area contributed by atoms with E-state index in [0.717, 1.165) is 4.90 Å². The van der Waals surface area contributed by atoms with Crippen LogP contribution in [0.25, 0.3) is 0 Å². The molecule has 0 aliphatic carbocycles. The molecule has 3 atom stereocenters. The lowest BCUT2D eigenvalue weighted by Gasteiger charge is -2.29. The third kappa shape index (κ3) is 5.65. The standard InChI is InChI=1S/C14H22N6O11S/c21-10(9-2-1-7-5-19(9)14(26)20(7)31-32(27,28)29)17-30-8-3-4-18(6-8)11(15-12(22)23)16-13(24)25/h7-9,11,15-16H,1-6H2,(H,17,21)(H,22,23)(H,24,25)(H,27,28,29)/t7-,8+,9+/m1/s1. The predicted octanol–water partition coefficient (Wildman–Crippen LogP) is -2.07. The molecule has 6 N–H and O–H groups in total. The zero-order valence-corrected chi connectivity index (χ0v) is 17.2. The minimum Gasteiger partial charge on any atom is -0.465 e. The van der Waals surface area contributed by atoms with E-state index in [1.807, 2.05) is 10.6 Å². The van der Waals surface area contributed by atoms with Crippen molar-refractivity contribution in [2.75, 3.05) is 19.6 Å². The summed E-state index contributed by atoms with van der Waals surface area (Å²) in [7, 11) is -4.90. The van der Waals surface area contributed by atoms with Crippen molar-refractivity contribution in [2.45, 2.75) is 43.7 Å². The van der Waals surface area contributed by atoms with E-state index in [2.05, 4.69) is 9.76 Å². The SMILES string of the molecule is O=C(O)NC(NC(=O)O)N1CC[C@H](ONC(=O)[C@@H]2CC[C@@H]3CN2C(=O)N3OS(=O)(=O)O)C1. The first-order valence-corrected chi connectivity index (χ1v) is 10.8. The highest BCUT2D eigenvalue weighted by Gasteiger charge is 2.49. The van der Waals surface area contributed by atoms with Crippen LogP contribution in [0.1, 0.15) is 19.3 Å². The first-order chi connectivity index (χ1) is 14.9. The monoisotopic (exact) mass is 482 g/mol. The Kier molecular flexibility index (Phi) is 6.88. The summed E-state index contributed by atoms with van der Waals surface area (Å²) in [5.74, 6) is -0.659. The number of hydrogen-bond acceptors (Lipinski definition) is 9. The first-order valence-electron chi connectivity index (χ1n) is 9.40. The van der Waals surface area contributed by atoms with Crippen LogP contribution in [-0.4, -0.2) is 106 Å². The molecule has 0 spiro atoms. The van der Waals surface area contributed by atoms with Crippen molar-refractivity contribution >= 4 is 34.5 Å². The fraction of sp³-hybridized carbons (Fsp3) is 0.714. The zero-order chi connectivity index (χ0) is 23.6. The lowest BCUT2D eigenvalue weighted by Crippen LogP contribution is -2.57. The van der Waals surface area contributed by atoms with Crippen molar-refractivity contribution in [3.05, 3.63) is 0 Å². The van der Waals surface area contributed by atoms with Gasteiger partial charge in [0.2, 0.25) is 0 Å². The molecular formula is C14H22N6O11S. The maximum absolute atomic E-state index is 12.5. The van der Waals surface area contributed by atoms with E-state index in [0.29, 0.717) is 11.5 Å². The largest absolute Gasteiger partial charge is 0.465 e. The van der Waals surface area contributed by atoms with Crippen molar-refractivity contribution in [1.82, 2.24) is 31.0 Å². The Bertz CT molecular complexity index is 868. The average molecular weight is 482 g/mol. The summed E-state index contributed by atoms with van der Waals surface area (Å²) in [6.07, 6.45) is -3.86. The number of hydroxylamine groups is 3. The molecule has 2 bridgehead atoms. The van der Waals surface area contributed by atoms with Gasteiger partial charge >= 0.3 is 28.6 Å². The smallest absolute Gasteiger partial charge is 0.418 e. The molecule has 17 nitrogen and oxygen atoms in total. The van der Waals surface area contributed by atoms with E-state index < -0.39 is 59.0 Å². The van der Waals surface area contributed by atoms with E-state index in [4.69, 9.17) is 19.6 Å². The highest BCUT2D eigenvalue weighted by Crippen LogP contribution is 2.30. The molecule has 0 saturated carbocycles. The summed E-state index contributed by atoms with van der Waals surface area (Å²) in [4.78, 5) is 54.5. The van der Waals surface area contributed by atoms with Crippen LogP contribution < -0.4 is 16.1 Å². The van der Waals surface area contributed by atoms with Crippen molar-refractivity contribution in [1.29, 1.82) is 0 Å². The topological polar surface area (TPSA) is 227 Å². The number of nitrogens with zero attached hydrogens (tertiary/aromatic N) is 3. The van der Waals surface area contributed by atoms with Gasteiger partial charge in [0.05, 0.1) is 12.1 Å². The number of fused-ring (bicyclic) bond motifs is 2. The lowest BCUT2D eigenvalue weighted by molar-refractivity contribution is -0.143. The number of nitrogens with one attached hydrogen (secondary N) is 3. The molecule has 5 amide bonds. The van der Waals surface area contributed by atoms with Gasteiger partial charge < -0.3 is 15.1 Å². The molecule has 3 heterocycles. The van der Waals surface area contributed by atoms with Gasteiger partial charge in [0.1, 0.15) is 6.04 Å². The predicted molar refractivity (Wildman–Crippen MR) is 98.7 cm³/mol. The third-order valence-corrected chi connectivity index (χ3v) is 5.54. The second-order valence-electron chi connectivity index (χ2n) is 7.30. The molecule has 3 rings (SSSR count). The fourth-order valence-corrected chi connectivity index (χ4v) is 4.24. The minimum atomic E-state index is -4.90. The Hall–Kier alpha value is -2.93. The van der Waals surface area contributed by atoms with Crippen molar-refractivity contribution in [3.63, 3.8) is 0 Å². The van der Waals surface area contributed by atoms with E-state index in [1.165, 1.54) is 4.90 Å². The Morgan fingerprint density at radius 3 is 2.31 bits per heavy atom. The summed E-state index contributed by atoms with van der Waals surface area (Å²) in [6.45, 7) is 0.382. The zero-order valence-electron chi connectivity index (χ0n) is 16.4. The number of piperidine rings is 1. The van der Waals surface area contributed by atoms with E-state index >= 15 is 0 Å². The molecule has 0 radical (unpaired) electrons. The van der Waals surface area contributed by atoms with Gasteiger partial charge in [-0.2, -0.15) is 13.5 Å². The highest BCUT2D eigenvalue weighted by molar-refractivity contribution is 7.80. The quantitative estimate of drug-likeness (QED) is 0.125. The van der Waals surface area contributed by atoms with Crippen LogP contribution >= 0.6 is 0 Å². The van der Waals surface area contributed by atoms with Crippen LogP contribution in [0.3, 0.4) is 0 Å². The van der Waals surface area contributed by atoms with Crippen LogP contribution in [0.5, 0.6) is 0 Å². The van der Waals surface area contributed by atoms with Crippen LogP contribution in [0.4, 0.5) is 14.4 Å². The van der Waals surface area contributed by atoms with E-state index in [-0.39, 0.29) is 32.5 Å². The maximum Gasteiger partial charge on any atom is 0.418 e. The highest BCUT2D eigenvalue weighted by atomic mass is 32.3. The molecule has 3 fully saturated rings. The van der Waals surface area contributed by atoms with Gasteiger partial charge in [-0.15, -0.1) is 4.28 Å². The summed E-state index contributed by atoms with van der Waals surface area (Å²) in [5, 5.41) is 22.3. The van der Waals surface area contributed by atoms with Crippen molar-refractivity contribution < 1.29 is 51.5 Å². The van der Waals surface area contributed by atoms with Crippen LogP contribution in [-0.2, 0) is 24.3 Å². The molecule has 0 aromatic carbocycles. The van der Waals surface area contributed by atoms with Gasteiger partial charge in [-0.3, -0.25) is 29.7 Å². The van der Waals surface area contributed by atoms with Gasteiger partial charge in [0.15, 0.2) is 6.29 Å². The Labute approximate surface area is 181 Å². The third-order valence-electron chi connectivity index (χ3n) is 5.19. The molecule has 0 aromatic rings. The summed E-state index contributed by atoms with van der Waals surface area (Å²) >= 11 is 0.